The summed E-state index contributed by atoms with van der Waals surface area (Å²) in [6, 6.07) is 42.8. The van der Waals surface area contributed by atoms with Gasteiger partial charge in [0.05, 0.1) is 41.5 Å². The second-order valence-corrected chi connectivity index (χ2v) is 11.7. The van der Waals surface area contributed by atoms with Gasteiger partial charge in [-0.1, -0.05) is 84.9 Å². The number of aromatic nitrogens is 1. The summed E-state index contributed by atoms with van der Waals surface area (Å²) in [5, 5.41) is 14.7. The molecule has 8 rings (SSSR count). The van der Waals surface area contributed by atoms with Crippen LogP contribution in [0.2, 0.25) is 0 Å². The molecule has 44 heavy (non-hydrogen) atoms. The van der Waals surface area contributed by atoms with E-state index in [2.05, 4.69) is 62.8 Å². The Morgan fingerprint density at radius 2 is 1.27 bits per heavy atom. The van der Waals surface area contributed by atoms with E-state index in [0.717, 1.165) is 69.9 Å². The molecule has 0 saturated carbocycles. The molecular weight excluding hydrogens is 557 g/mol. The summed E-state index contributed by atoms with van der Waals surface area (Å²) < 4.78 is 4.44. The molecule has 0 aliphatic carbocycles. The molecule has 2 heterocycles. The van der Waals surface area contributed by atoms with Gasteiger partial charge in [0.15, 0.2) is 5.69 Å². The maximum Gasteiger partial charge on any atom is 0.211 e. The summed E-state index contributed by atoms with van der Waals surface area (Å²) in [6.07, 6.45) is 0. The van der Waals surface area contributed by atoms with Crippen LogP contribution in [0.5, 0.6) is 0 Å². The highest BCUT2D eigenvalue weighted by Crippen LogP contribution is 2.45. The van der Waals surface area contributed by atoms with E-state index in [0.29, 0.717) is 16.9 Å². The van der Waals surface area contributed by atoms with Crippen molar-refractivity contribution in [2.75, 3.05) is 0 Å². The Balaban J connectivity index is 1.46. The van der Waals surface area contributed by atoms with Crippen LogP contribution in [0.25, 0.3) is 79.6 Å². The number of nitriles is 1. The number of nitrogens with zero attached hydrogens (tertiary/aromatic N) is 4. The standard InChI is InChI=1S/C39H20N4S/c1-41-26-18-20-37-32(22-26)31-21-24(17-19-36(31)44-37)38-25(23-40)9-7-12-29(38)30-13-8-14-33(42-2)39(30)43-34-15-5-3-10-27(34)28-11-4-6-16-35(28)43/h3-22H. The number of hydrogen-bond donors (Lipinski definition) is 0. The van der Waals surface area contributed by atoms with Gasteiger partial charge in [0.2, 0.25) is 5.69 Å². The fourth-order valence-electron chi connectivity index (χ4n) is 6.41. The zero-order valence-electron chi connectivity index (χ0n) is 23.2. The Kier molecular flexibility index (Phi) is 5.78. The van der Waals surface area contributed by atoms with Crippen molar-refractivity contribution in [2.24, 2.45) is 0 Å². The molecule has 0 radical (unpaired) electrons. The lowest BCUT2D eigenvalue weighted by atomic mass is 9.89. The number of benzene rings is 6. The Bertz CT molecular complexity index is 2550. The van der Waals surface area contributed by atoms with E-state index in [1.54, 1.807) is 11.3 Å². The highest BCUT2D eigenvalue weighted by Gasteiger charge is 2.22. The van der Waals surface area contributed by atoms with Crippen molar-refractivity contribution in [3.63, 3.8) is 0 Å². The summed E-state index contributed by atoms with van der Waals surface area (Å²) in [7, 11) is 0. The maximum absolute atomic E-state index is 10.4. The van der Waals surface area contributed by atoms with Gasteiger partial charge in [-0.05, 0) is 63.9 Å². The monoisotopic (exact) mass is 576 g/mol. The lowest BCUT2D eigenvalue weighted by Crippen LogP contribution is -1.99. The van der Waals surface area contributed by atoms with E-state index in [9.17, 15) is 5.26 Å². The number of para-hydroxylation sites is 3. The molecule has 2 aromatic heterocycles. The molecule has 0 atom stereocenters. The average molecular weight is 577 g/mol. The van der Waals surface area contributed by atoms with E-state index >= 15 is 0 Å². The molecule has 6 aromatic carbocycles. The molecule has 0 saturated heterocycles. The first-order valence-corrected chi connectivity index (χ1v) is 14.9. The number of rotatable bonds is 3. The molecule has 0 spiro atoms. The minimum absolute atomic E-state index is 0.535. The van der Waals surface area contributed by atoms with E-state index < -0.39 is 0 Å². The van der Waals surface area contributed by atoms with Crippen molar-refractivity contribution in [3.05, 3.63) is 150 Å². The van der Waals surface area contributed by atoms with Gasteiger partial charge in [-0.3, -0.25) is 0 Å². The Morgan fingerprint density at radius 3 is 1.98 bits per heavy atom. The van der Waals surface area contributed by atoms with Crippen molar-refractivity contribution in [1.82, 2.24) is 4.57 Å². The normalized spacial score (nSPS) is 11.1. The molecule has 4 nitrogen and oxygen atoms in total. The molecule has 8 aromatic rings. The zero-order valence-corrected chi connectivity index (χ0v) is 24.1. The van der Waals surface area contributed by atoms with E-state index in [1.165, 1.54) is 0 Å². The molecule has 202 valence electrons. The fraction of sp³-hybridized carbons (Fsp3) is 0. The highest BCUT2D eigenvalue weighted by atomic mass is 32.1. The third-order valence-electron chi connectivity index (χ3n) is 8.28. The van der Waals surface area contributed by atoms with E-state index in [-0.39, 0.29) is 0 Å². The second kappa shape index (κ2) is 9.97. The van der Waals surface area contributed by atoms with Crippen LogP contribution in [-0.2, 0) is 0 Å². The van der Waals surface area contributed by atoms with Crippen LogP contribution < -0.4 is 0 Å². The third-order valence-corrected chi connectivity index (χ3v) is 9.44. The Hall–Kier alpha value is -6.19. The van der Waals surface area contributed by atoms with Crippen LogP contribution in [-0.4, -0.2) is 4.57 Å². The highest BCUT2D eigenvalue weighted by molar-refractivity contribution is 7.25. The Labute approximate surface area is 257 Å². The first-order valence-electron chi connectivity index (χ1n) is 14.1. The number of hydrogen-bond acceptors (Lipinski definition) is 2. The van der Waals surface area contributed by atoms with Crippen molar-refractivity contribution in [1.29, 1.82) is 5.26 Å². The maximum atomic E-state index is 10.4. The van der Waals surface area contributed by atoms with Crippen LogP contribution in [0.1, 0.15) is 5.56 Å². The largest absolute Gasteiger partial charge is 0.318 e. The summed E-state index contributed by atoms with van der Waals surface area (Å²) in [6.45, 7) is 15.7. The summed E-state index contributed by atoms with van der Waals surface area (Å²) in [4.78, 5) is 7.64. The summed E-state index contributed by atoms with van der Waals surface area (Å²) in [5.41, 5.74) is 8.03. The van der Waals surface area contributed by atoms with Gasteiger partial charge in [-0.15, -0.1) is 11.3 Å². The molecule has 0 fully saturated rings. The van der Waals surface area contributed by atoms with E-state index in [1.807, 2.05) is 78.9 Å². The van der Waals surface area contributed by atoms with Crippen molar-refractivity contribution in [2.45, 2.75) is 0 Å². The molecule has 0 aliphatic heterocycles. The number of fused-ring (bicyclic) bond motifs is 6. The van der Waals surface area contributed by atoms with Crippen LogP contribution in [0.15, 0.2) is 121 Å². The van der Waals surface area contributed by atoms with Crippen LogP contribution in [0, 0.1) is 24.5 Å². The van der Waals surface area contributed by atoms with E-state index in [4.69, 9.17) is 13.1 Å². The van der Waals surface area contributed by atoms with Gasteiger partial charge < -0.3 is 4.57 Å². The van der Waals surface area contributed by atoms with Crippen LogP contribution in [0.4, 0.5) is 11.4 Å². The molecule has 0 aliphatic rings. The lowest BCUT2D eigenvalue weighted by Gasteiger charge is -2.19. The van der Waals surface area contributed by atoms with Crippen molar-refractivity contribution < 1.29 is 0 Å². The molecule has 0 amide bonds. The fourth-order valence-corrected chi connectivity index (χ4v) is 7.48. The van der Waals surface area contributed by atoms with Crippen LogP contribution >= 0.6 is 11.3 Å². The number of thiophene rings is 1. The lowest BCUT2D eigenvalue weighted by molar-refractivity contribution is 1.19. The van der Waals surface area contributed by atoms with Gasteiger partial charge >= 0.3 is 0 Å². The first kappa shape index (κ1) is 25.5. The topological polar surface area (TPSA) is 37.4 Å². The Morgan fingerprint density at radius 1 is 0.614 bits per heavy atom. The van der Waals surface area contributed by atoms with Crippen molar-refractivity contribution in [3.8, 4) is 34.0 Å². The third kappa shape index (κ3) is 3.73. The molecule has 5 heteroatoms. The van der Waals surface area contributed by atoms with Crippen molar-refractivity contribution >= 4 is 64.7 Å². The second-order valence-electron chi connectivity index (χ2n) is 10.6. The van der Waals surface area contributed by atoms with Gasteiger partial charge in [0, 0.05) is 25.7 Å². The smallest absolute Gasteiger partial charge is 0.211 e. The molecule has 0 N–H and O–H groups in total. The average Bonchev–Trinajstić information content (AvgIpc) is 3.62. The van der Waals surface area contributed by atoms with Crippen LogP contribution in [0.3, 0.4) is 0 Å². The molecule has 0 bridgehead atoms. The van der Waals surface area contributed by atoms with Gasteiger partial charge in [-0.2, -0.15) is 5.26 Å². The zero-order chi connectivity index (χ0) is 29.8. The minimum Gasteiger partial charge on any atom is -0.318 e. The van der Waals surface area contributed by atoms with Gasteiger partial charge in [0.1, 0.15) is 0 Å². The molecular formula is C39H20N4S. The summed E-state index contributed by atoms with van der Waals surface area (Å²) in [5.74, 6) is 0. The first-order chi connectivity index (χ1) is 21.7. The quantitative estimate of drug-likeness (QED) is 0.193. The van der Waals surface area contributed by atoms with Gasteiger partial charge in [0.25, 0.3) is 0 Å². The molecule has 0 unspecified atom stereocenters. The van der Waals surface area contributed by atoms with Gasteiger partial charge in [-0.25, -0.2) is 9.69 Å². The predicted molar refractivity (Wildman–Crippen MR) is 182 cm³/mol. The minimum atomic E-state index is 0.535. The predicted octanol–water partition coefficient (Wildman–Crippen LogP) is 11.5. The summed E-state index contributed by atoms with van der Waals surface area (Å²) >= 11 is 1.70. The SMILES string of the molecule is [C-]#[N+]c1ccc2sc3ccc(-c4c(C#N)cccc4-c4cccc([N+]#[C-])c4-n4c5ccccc5c5ccccc54)cc3c2c1.